The number of pyridine rings is 1. The number of aromatic nitrogens is 1. The Morgan fingerprint density at radius 3 is 2.52 bits per heavy atom. The molecular formula is C38H41N3O2Pt. The first-order valence-electron chi connectivity index (χ1n) is 16.4. The zero-order chi connectivity index (χ0) is 33.2. The molecule has 1 atom stereocenters. The Labute approximate surface area is 281 Å². The van der Waals surface area contributed by atoms with Gasteiger partial charge in [-0.1, -0.05) is 97.0 Å². The van der Waals surface area contributed by atoms with Crippen LogP contribution in [0.15, 0.2) is 65.8 Å². The van der Waals surface area contributed by atoms with Crippen molar-refractivity contribution in [1.82, 2.24) is 4.98 Å². The molecule has 230 valence electrons. The van der Waals surface area contributed by atoms with Gasteiger partial charge in [-0.15, -0.1) is 29.8 Å². The van der Waals surface area contributed by atoms with Crippen LogP contribution in [0.25, 0.3) is 0 Å². The van der Waals surface area contributed by atoms with Crippen LogP contribution >= 0.6 is 0 Å². The minimum Gasteiger partial charge on any atom is -0.518 e. The molecule has 0 saturated carbocycles. The van der Waals surface area contributed by atoms with Gasteiger partial charge in [-0.2, -0.15) is 5.56 Å². The number of ether oxygens (including phenoxy) is 2. The first-order chi connectivity index (χ1) is 21.5. The zero-order valence-electron chi connectivity index (χ0n) is 29.6. The number of aliphatic imine (C=N–C) groups is 1. The fourth-order valence-electron chi connectivity index (χ4n) is 5.81. The van der Waals surface area contributed by atoms with Gasteiger partial charge in [0.15, 0.2) is 0 Å². The van der Waals surface area contributed by atoms with Crippen molar-refractivity contribution in [2.75, 3.05) is 11.5 Å². The van der Waals surface area contributed by atoms with Gasteiger partial charge in [0.1, 0.15) is 11.7 Å². The smallest absolute Gasteiger partial charge is 0.518 e. The third-order valence-electron chi connectivity index (χ3n) is 8.30. The number of benzene rings is 3. The molecule has 0 amide bonds. The molecule has 0 fully saturated rings. The van der Waals surface area contributed by atoms with Crippen LogP contribution in [0.1, 0.15) is 98.7 Å². The van der Waals surface area contributed by atoms with E-state index in [0.717, 1.165) is 33.9 Å². The molecule has 0 spiro atoms. The van der Waals surface area contributed by atoms with Gasteiger partial charge in [-0.3, -0.25) is 4.99 Å². The number of fused-ring (bicyclic) bond motifs is 2. The fraction of sp³-hybridized carbons (Fsp3) is 0.368. The number of nitrogens with zero attached hydrogens (tertiary/aromatic N) is 3. The molecule has 3 aromatic carbocycles. The molecule has 0 unspecified atom stereocenters. The van der Waals surface area contributed by atoms with Gasteiger partial charge >= 0.3 is 21.1 Å². The Morgan fingerprint density at radius 2 is 1.82 bits per heavy atom. The molecular weight excluding hydrogens is 726 g/mol. The van der Waals surface area contributed by atoms with Crippen LogP contribution in [0.3, 0.4) is 0 Å². The molecule has 0 radical (unpaired) electrons. The monoisotopic (exact) mass is 769 g/mol. The van der Waals surface area contributed by atoms with Gasteiger partial charge in [0, 0.05) is 38.5 Å². The minimum absolute atomic E-state index is 0. The average molecular weight is 770 g/mol. The van der Waals surface area contributed by atoms with Crippen LogP contribution < -0.4 is 9.64 Å². The van der Waals surface area contributed by atoms with Gasteiger partial charge in [-0.25, -0.2) is 4.98 Å². The Balaban J connectivity index is 0.00000433. The summed E-state index contributed by atoms with van der Waals surface area (Å²) in [5.41, 5.74) is 7.85. The molecule has 6 heteroatoms. The number of hydrogen-bond acceptors (Lipinski definition) is 5. The predicted octanol–water partition coefficient (Wildman–Crippen LogP) is 9.48. The van der Waals surface area contributed by atoms with Gasteiger partial charge in [0.2, 0.25) is 0 Å². The minimum atomic E-state index is -2.23. The molecule has 4 aromatic rings. The number of rotatable bonds is 5. The van der Waals surface area contributed by atoms with E-state index in [2.05, 4.69) is 101 Å². The Kier molecular flexibility index (Phi) is 7.54. The van der Waals surface area contributed by atoms with Gasteiger partial charge < -0.3 is 14.4 Å². The summed E-state index contributed by atoms with van der Waals surface area (Å²) in [5, 5.41) is 0. The summed E-state index contributed by atoms with van der Waals surface area (Å²) in [7, 11) is 0. The average Bonchev–Trinajstić information content (AvgIpc) is 3.48. The summed E-state index contributed by atoms with van der Waals surface area (Å²) in [6, 6.07) is 24.7. The van der Waals surface area contributed by atoms with Crippen molar-refractivity contribution >= 4 is 23.1 Å². The first kappa shape index (κ1) is 28.1. The van der Waals surface area contributed by atoms with E-state index in [-0.39, 0.29) is 50.3 Å². The molecule has 0 aliphatic carbocycles. The second-order valence-corrected chi connectivity index (χ2v) is 13.4. The first-order valence-corrected chi connectivity index (χ1v) is 14.9. The van der Waals surface area contributed by atoms with E-state index in [1.807, 2.05) is 37.4 Å². The summed E-state index contributed by atoms with van der Waals surface area (Å²) >= 11 is 0. The topological polar surface area (TPSA) is 47.0 Å². The maximum atomic E-state index is 7.76. The van der Waals surface area contributed by atoms with Crippen molar-refractivity contribution in [3.05, 3.63) is 106 Å². The zero-order valence-corrected chi connectivity index (χ0v) is 28.9. The Hall–Kier alpha value is -3.43. The molecule has 0 saturated heterocycles. The molecule has 5 nitrogen and oxygen atoms in total. The van der Waals surface area contributed by atoms with Crippen molar-refractivity contribution in [3.63, 3.8) is 0 Å². The molecule has 2 aliphatic rings. The maximum Gasteiger partial charge on any atom is 2.00 e. The van der Waals surface area contributed by atoms with Gasteiger partial charge in [0.05, 0.1) is 12.6 Å². The van der Waals surface area contributed by atoms with Crippen molar-refractivity contribution < 1.29 is 34.7 Å². The second-order valence-electron chi connectivity index (χ2n) is 13.4. The van der Waals surface area contributed by atoms with Crippen molar-refractivity contribution in [1.29, 1.82) is 0 Å². The molecule has 6 rings (SSSR count). The Morgan fingerprint density at radius 1 is 1.05 bits per heavy atom. The predicted molar refractivity (Wildman–Crippen MR) is 175 cm³/mol. The Bertz CT molecular complexity index is 1840. The van der Waals surface area contributed by atoms with Crippen molar-refractivity contribution in [3.8, 4) is 11.5 Å². The van der Waals surface area contributed by atoms with Crippen LogP contribution in [0.2, 0.25) is 0 Å². The third-order valence-corrected chi connectivity index (χ3v) is 8.30. The van der Waals surface area contributed by atoms with Crippen LogP contribution in [-0.2, 0) is 36.6 Å². The van der Waals surface area contributed by atoms with E-state index in [0.29, 0.717) is 17.1 Å². The molecule has 2 aliphatic heterocycles. The van der Waals surface area contributed by atoms with Crippen molar-refractivity contribution in [2.24, 2.45) is 4.99 Å². The van der Waals surface area contributed by atoms with E-state index in [9.17, 15) is 0 Å². The van der Waals surface area contributed by atoms with Crippen LogP contribution in [0, 0.1) is 19.1 Å². The van der Waals surface area contributed by atoms with Gasteiger partial charge in [-0.05, 0) is 41.4 Å². The molecule has 1 aromatic heterocycles. The number of hydrogen-bond donors (Lipinski definition) is 0. The molecule has 44 heavy (non-hydrogen) atoms. The van der Waals surface area contributed by atoms with Crippen molar-refractivity contribution in [2.45, 2.75) is 85.0 Å². The molecule has 3 heterocycles. The summed E-state index contributed by atoms with van der Waals surface area (Å²) in [6.45, 7) is 15.2. The standard InChI is InChI=1S/C38H41N3O2.Pt/c1-23(2)26-17-27(36-40-25(4)22-42-36)19-31(18-26)43-30-16-24(3)15-29(21-30)41-34-13-12-28(37(5,6)7)20-33(34)38(8,9)32-11-10-14-39-35(32)41;/h10-18,20,23,25H,22H2,1-9H3;/q-2;+2/t25-;/m1./s1/i4D3;. The SMILES string of the molecule is [2H]C([2H])([2H])[C@@H]1COC(c2[c-]c(Oc3[c-]c(N4c5ccc(C(C)(C)C)cc5C(C)(C)c5cccnc54)cc(C)c3)cc(C(C)C)c2)=N1.[Pt+2]. The summed E-state index contributed by atoms with van der Waals surface area (Å²) in [6.07, 6.45) is 1.84. The number of anilines is 3. The van der Waals surface area contributed by atoms with Gasteiger partial charge in [0.25, 0.3) is 0 Å². The maximum absolute atomic E-state index is 7.76. The normalized spacial score (nSPS) is 18.2. The molecule has 0 bridgehead atoms. The van der Waals surface area contributed by atoms with E-state index >= 15 is 0 Å². The van der Waals surface area contributed by atoms with Crippen LogP contribution in [-0.4, -0.2) is 23.5 Å². The van der Waals surface area contributed by atoms with Crippen LogP contribution in [0.4, 0.5) is 17.2 Å². The summed E-state index contributed by atoms with van der Waals surface area (Å²) in [5.74, 6) is 2.33. The van der Waals surface area contributed by atoms with Crippen LogP contribution in [0.5, 0.6) is 11.5 Å². The molecule has 0 N–H and O–H groups in total. The third kappa shape index (κ3) is 5.96. The van der Waals surface area contributed by atoms with E-state index in [1.165, 1.54) is 11.1 Å². The fourth-order valence-corrected chi connectivity index (χ4v) is 5.81. The summed E-state index contributed by atoms with van der Waals surface area (Å²) in [4.78, 5) is 11.4. The second kappa shape index (κ2) is 11.8. The quantitative estimate of drug-likeness (QED) is 0.190. The summed E-state index contributed by atoms with van der Waals surface area (Å²) < 4.78 is 35.5. The largest absolute Gasteiger partial charge is 2.00 e. The van der Waals surface area contributed by atoms with E-state index in [1.54, 1.807) is 0 Å². The van der Waals surface area contributed by atoms with E-state index < -0.39 is 12.9 Å². The van der Waals surface area contributed by atoms with E-state index in [4.69, 9.17) is 18.6 Å². The number of aryl methyl sites for hydroxylation is 1.